The van der Waals surface area contributed by atoms with Crippen molar-refractivity contribution in [1.82, 2.24) is 10.3 Å². The predicted molar refractivity (Wildman–Crippen MR) is 96.5 cm³/mol. The van der Waals surface area contributed by atoms with Crippen LogP contribution < -0.4 is 10.2 Å². The van der Waals surface area contributed by atoms with Gasteiger partial charge in [-0.25, -0.2) is 0 Å². The molecule has 0 radical (unpaired) electrons. The van der Waals surface area contributed by atoms with Crippen LogP contribution in [0.15, 0.2) is 54.4 Å². The number of phenols is 2. The van der Waals surface area contributed by atoms with Crippen LogP contribution in [-0.4, -0.2) is 33.6 Å². The Bertz CT molecular complexity index is 1050. The van der Waals surface area contributed by atoms with E-state index in [2.05, 4.69) is 10.3 Å². The summed E-state index contributed by atoms with van der Waals surface area (Å²) in [7, 11) is 0. The summed E-state index contributed by atoms with van der Waals surface area (Å²) in [5.41, 5.74) is 2.13. The molecule has 1 aliphatic heterocycles. The molecule has 7 heteroatoms. The van der Waals surface area contributed by atoms with Gasteiger partial charge in [-0.3, -0.25) is 14.5 Å². The minimum atomic E-state index is -0.357. The molecule has 2 aromatic carbocycles. The second-order valence-corrected chi connectivity index (χ2v) is 5.99. The maximum atomic E-state index is 12.8. The number of hydrogen-bond acceptors (Lipinski definition) is 4. The van der Waals surface area contributed by atoms with E-state index < -0.39 is 0 Å². The lowest BCUT2D eigenvalue weighted by atomic mass is 10.1. The van der Waals surface area contributed by atoms with Crippen molar-refractivity contribution in [3.8, 4) is 11.5 Å². The molecule has 1 aliphatic rings. The Hall–Kier alpha value is -3.74. The molecule has 4 N–H and O–H groups in total. The third kappa shape index (κ3) is 2.75. The fraction of sp³-hybridized carbons (Fsp3) is 0.0526. The van der Waals surface area contributed by atoms with Gasteiger partial charge in [0.05, 0.1) is 0 Å². The molecule has 4 rings (SSSR count). The average molecular weight is 349 g/mol. The smallest absolute Gasteiger partial charge is 0.275 e. The van der Waals surface area contributed by atoms with Crippen molar-refractivity contribution in [2.24, 2.45) is 0 Å². The van der Waals surface area contributed by atoms with Crippen LogP contribution in [0.1, 0.15) is 5.56 Å². The van der Waals surface area contributed by atoms with Gasteiger partial charge in [0.15, 0.2) is 0 Å². The van der Waals surface area contributed by atoms with Crippen molar-refractivity contribution in [3.05, 3.63) is 59.9 Å². The van der Waals surface area contributed by atoms with Crippen molar-refractivity contribution in [2.75, 3.05) is 11.4 Å². The van der Waals surface area contributed by atoms with Crippen molar-refractivity contribution in [1.29, 1.82) is 0 Å². The Morgan fingerprint density at radius 2 is 1.73 bits per heavy atom. The maximum absolute atomic E-state index is 12.8. The molecule has 0 spiro atoms. The summed E-state index contributed by atoms with van der Waals surface area (Å²) in [6.45, 7) is -0.102. The number of aromatic amines is 1. The van der Waals surface area contributed by atoms with Crippen LogP contribution in [0.25, 0.3) is 17.0 Å². The zero-order valence-corrected chi connectivity index (χ0v) is 13.6. The fourth-order valence-electron chi connectivity index (χ4n) is 2.95. The van der Waals surface area contributed by atoms with Gasteiger partial charge >= 0.3 is 0 Å². The Kier molecular flexibility index (Phi) is 3.62. The Morgan fingerprint density at radius 1 is 1.00 bits per heavy atom. The van der Waals surface area contributed by atoms with E-state index in [1.165, 1.54) is 17.0 Å². The number of H-pyrrole nitrogens is 1. The first-order valence-corrected chi connectivity index (χ1v) is 7.94. The van der Waals surface area contributed by atoms with Gasteiger partial charge in [-0.15, -0.1) is 0 Å². The van der Waals surface area contributed by atoms with Crippen molar-refractivity contribution in [3.63, 3.8) is 0 Å². The summed E-state index contributed by atoms with van der Waals surface area (Å²) in [5.74, 6) is -0.477. The first kappa shape index (κ1) is 15.8. The highest BCUT2D eigenvalue weighted by atomic mass is 16.3. The number of phenolic OH excluding ortho intramolecular Hbond substituents is 2. The molecule has 0 atom stereocenters. The number of nitrogens with zero attached hydrogens (tertiary/aromatic N) is 1. The number of aromatic hydroxyl groups is 2. The van der Waals surface area contributed by atoms with Gasteiger partial charge in [-0.1, -0.05) is 0 Å². The molecule has 1 saturated heterocycles. The third-order valence-corrected chi connectivity index (χ3v) is 4.21. The molecule has 2 heterocycles. The van der Waals surface area contributed by atoms with E-state index in [4.69, 9.17) is 0 Å². The van der Waals surface area contributed by atoms with Crippen LogP contribution in [-0.2, 0) is 9.59 Å². The quantitative estimate of drug-likeness (QED) is 0.532. The standard InChI is InChI=1S/C19H15N3O4/c23-13-3-1-12(2-4-13)22-10-18(25)21-17(19(22)26)7-11-9-20-16-6-5-14(24)8-15(11)16/h1-9,20,23-24H,10H2,(H,21,25)/b17-7-. The summed E-state index contributed by atoms with van der Waals surface area (Å²) in [6, 6.07) is 11.0. The van der Waals surface area contributed by atoms with Gasteiger partial charge in [0, 0.05) is 28.4 Å². The minimum absolute atomic E-state index is 0.0806. The van der Waals surface area contributed by atoms with Crippen molar-refractivity contribution in [2.45, 2.75) is 0 Å². The van der Waals surface area contributed by atoms with Gasteiger partial charge < -0.3 is 20.5 Å². The molecule has 130 valence electrons. The highest BCUT2D eigenvalue weighted by Crippen LogP contribution is 2.26. The number of amides is 2. The number of nitrogens with one attached hydrogen (secondary N) is 2. The van der Waals surface area contributed by atoms with E-state index in [0.717, 1.165) is 10.9 Å². The fourth-order valence-corrected chi connectivity index (χ4v) is 2.95. The van der Waals surface area contributed by atoms with Crippen LogP contribution in [0.2, 0.25) is 0 Å². The summed E-state index contributed by atoms with van der Waals surface area (Å²) in [6.07, 6.45) is 3.28. The zero-order chi connectivity index (χ0) is 18.3. The van der Waals surface area contributed by atoms with E-state index in [9.17, 15) is 19.8 Å². The normalized spacial score (nSPS) is 16.3. The number of fused-ring (bicyclic) bond motifs is 1. The molecule has 1 aromatic heterocycles. The minimum Gasteiger partial charge on any atom is -0.508 e. The number of hydrogen-bond donors (Lipinski definition) is 4. The highest BCUT2D eigenvalue weighted by Gasteiger charge is 2.29. The van der Waals surface area contributed by atoms with Crippen LogP contribution in [0.4, 0.5) is 5.69 Å². The van der Waals surface area contributed by atoms with Crippen molar-refractivity contribution < 1.29 is 19.8 Å². The second-order valence-electron chi connectivity index (χ2n) is 5.99. The summed E-state index contributed by atoms with van der Waals surface area (Å²) >= 11 is 0. The van der Waals surface area contributed by atoms with Gasteiger partial charge in [0.2, 0.25) is 5.91 Å². The SMILES string of the molecule is O=C1CN(c2ccc(O)cc2)C(=O)/C(=C/c2c[nH]c3ccc(O)cc23)N1. The van der Waals surface area contributed by atoms with Crippen molar-refractivity contribution >= 4 is 34.5 Å². The maximum Gasteiger partial charge on any atom is 0.275 e. The molecule has 7 nitrogen and oxygen atoms in total. The lowest BCUT2D eigenvalue weighted by molar-refractivity contribution is -0.125. The largest absolute Gasteiger partial charge is 0.508 e. The van der Waals surface area contributed by atoms with Crippen LogP contribution >= 0.6 is 0 Å². The van der Waals surface area contributed by atoms with Gasteiger partial charge in [-0.2, -0.15) is 0 Å². The van der Waals surface area contributed by atoms with E-state index >= 15 is 0 Å². The lowest BCUT2D eigenvalue weighted by Crippen LogP contribution is -2.50. The molecule has 0 saturated carbocycles. The topological polar surface area (TPSA) is 106 Å². The van der Waals surface area contributed by atoms with Gasteiger partial charge in [0.1, 0.15) is 23.7 Å². The number of benzene rings is 2. The van der Waals surface area contributed by atoms with E-state index in [1.807, 2.05) is 0 Å². The molecular weight excluding hydrogens is 334 g/mol. The summed E-state index contributed by atoms with van der Waals surface area (Å²) < 4.78 is 0. The van der Waals surface area contributed by atoms with E-state index in [1.54, 1.807) is 42.6 Å². The molecular formula is C19H15N3O4. The monoisotopic (exact) mass is 349 g/mol. The molecule has 26 heavy (non-hydrogen) atoms. The molecule has 0 unspecified atom stereocenters. The average Bonchev–Trinajstić information content (AvgIpc) is 3.01. The first-order chi connectivity index (χ1) is 12.5. The molecule has 1 fully saturated rings. The Balaban J connectivity index is 1.73. The second kappa shape index (κ2) is 5.96. The summed E-state index contributed by atoms with van der Waals surface area (Å²) in [5, 5.41) is 22.4. The number of carbonyl (C=O) groups excluding carboxylic acids is 2. The predicted octanol–water partition coefficient (Wildman–Crippen LogP) is 2.08. The van der Waals surface area contributed by atoms with Crippen LogP contribution in [0.5, 0.6) is 11.5 Å². The zero-order valence-electron chi connectivity index (χ0n) is 13.6. The Labute approximate surface area is 148 Å². The number of piperazine rings is 1. The molecule has 3 aromatic rings. The first-order valence-electron chi connectivity index (χ1n) is 7.94. The van der Waals surface area contributed by atoms with Crippen LogP contribution in [0, 0.1) is 0 Å². The number of aromatic nitrogens is 1. The van der Waals surface area contributed by atoms with Crippen LogP contribution in [0.3, 0.4) is 0 Å². The summed E-state index contributed by atoms with van der Waals surface area (Å²) in [4.78, 5) is 29.3. The number of rotatable bonds is 2. The molecule has 2 amide bonds. The van der Waals surface area contributed by atoms with Gasteiger partial charge in [-0.05, 0) is 48.5 Å². The number of carbonyl (C=O) groups is 2. The Morgan fingerprint density at radius 3 is 2.50 bits per heavy atom. The molecule has 0 aliphatic carbocycles. The molecule has 0 bridgehead atoms. The van der Waals surface area contributed by atoms with E-state index in [-0.39, 0.29) is 35.6 Å². The third-order valence-electron chi connectivity index (χ3n) is 4.21. The van der Waals surface area contributed by atoms with E-state index in [0.29, 0.717) is 11.3 Å². The van der Waals surface area contributed by atoms with Gasteiger partial charge in [0.25, 0.3) is 5.91 Å². The number of anilines is 1. The lowest BCUT2D eigenvalue weighted by Gasteiger charge is -2.28. The highest BCUT2D eigenvalue weighted by molar-refractivity contribution is 6.16.